The molecule has 0 aliphatic carbocycles. The Balaban J connectivity index is 2.57. The summed E-state index contributed by atoms with van der Waals surface area (Å²) < 4.78 is 0. The van der Waals surface area contributed by atoms with Gasteiger partial charge in [-0.15, -0.1) is 11.3 Å². The van der Waals surface area contributed by atoms with Gasteiger partial charge in [-0.2, -0.15) is 0 Å². The molecule has 0 saturated carbocycles. The molecule has 5 N–H and O–H groups in total. The van der Waals surface area contributed by atoms with Crippen molar-refractivity contribution in [1.29, 1.82) is 0 Å². The molecule has 0 aliphatic heterocycles. The van der Waals surface area contributed by atoms with E-state index in [1.165, 1.54) is 0 Å². The molecule has 19 heavy (non-hydrogen) atoms. The molecule has 1 aromatic rings. The van der Waals surface area contributed by atoms with Crippen LogP contribution in [0.3, 0.4) is 0 Å². The largest absolute Gasteiger partial charge is 0.481 e. The maximum Gasteiger partial charge on any atom is 0.347 e. The summed E-state index contributed by atoms with van der Waals surface area (Å²) in [5, 5.41) is 20.2. The van der Waals surface area contributed by atoms with Crippen LogP contribution in [0, 0.1) is 6.92 Å². The Morgan fingerprint density at radius 3 is 2.53 bits per heavy atom. The molecule has 1 rings (SSSR count). The lowest BCUT2D eigenvalue weighted by atomic mass is 10.2. The summed E-state index contributed by atoms with van der Waals surface area (Å²) in [5.74, 6) is -2.86. The lowest BCUT2D eigenvalue weighted by Crippen LogP contribution is -2.41. The summed E-state index contributed by atoms with van der Waals surface area (Å²) in [5.41, 5.74) is 5.73. The van der Waals surface area contributed by atoms with Crippen LogP contribution < -0.4 is 11.1 Å². The highest BCUT2D eigenvalue weighted by Gasteiger charge is 2.18. The minimum Gasteiger partial charge on any atom is -0.481 e. The van der Waals surface area contributed by atoms with E-state index in [2.05, 4.69) is 10.3 Å². The second-order valence-electron chi connectivity index (χ2n) is 3.75. The number of aliphatic carboxylic acids is 1. The molecule has 0 bridgehead atoms. The molecule has 0 aromatic carbocycles. The van der Waals surface area contributed by atoms with Crippen LogP contribution in [-0.4, -0.2) is 39.1 Å². The van der Waals surface area contributed by atoms with Crippen molar-refractivity contribution < 1.29 is 24.6 Å². The normalized spacial score (nSPS) is 11.9. The molecule has 0 radical (unpaired) electrons. The Hall–Kier alpha value is -2.00. The number of nitrogens with two attached hydrogens (primary N) is 1. The number of aryl methyl sites for hydroxylation is 1. The SMILES string of the molecule is Cc1nc(CNC(=O)C(N)CC(=O)O)sc1C(=O)O. The number of amides is 1. The fourth-order valence-corrected chi connectivity index (χ4v) is 2.14. The second kappa shape index (κ2) is 6.25. The van der Waals surface area contributed by atoms with E-state index in [0.29, 0.717) is 10.7 Å². The zero-order chi connectivity index (χ0) is 14.6. The van der Waals surface area contributed by atoms with Crippen molar-refractivity contribution >= 4 is 29.2 Å². The highest BCUT2D eigenvalue weighted by molar-refractivity contribution is 7.13. The minimum atomic E-state index is -1.17. The first kappa shape index (κ1) is 15.1. The van der Waals surface area contributed by atoms with Crippen LogP contribution in [0.25, 0.3) is 0 Å². The first-order valence-electron chi connectivity index (χ1n) is 5.26. The van der Waals surface area contributed by atoms with Crippen LogP contribution in [0.2, 0.25) is 0 Å². The van der Waals surface area contributed by atoms with Gasteiger partial charge in [-0.05, 0) is 6.92 Å². The number of carboxylic acid groups (broad SMARTS) is 2. The van der Waals surface area contributed by atoms with E-state index < -0.39 is 30.3 Å². The molecule has 0 saturated heterocycles. The summed E-state index contributed by atoms with van der Waals surface area (Å²) in [4.78, 5) is 36.7. The molecular weight excluding hydrogens is 274 g/mol. The molecule has 1 amide bonds. The average molecular weight is 287 g/mol. The number of nitrogens with zero attached hydrogens (tertiary/aromatic N) is 1. The summed E-state index contributed by atoms with van der Waals surface area (Å²) in [7, 11) is 0. The minimum absolute atomic E-state index is 0.0188. The van der Waals surface area contributed by atoms with E-state index in [0.717, 1.165) is 11.3 Å². The number of aromatic nitrogens is 1. The van der Waals surface area contributed by atoms with E-state index >= 15 is 0 Å². The molecule has 1 aromatic heterocycles. The van der Waals surface area contributed by atoms with Gasteiger partial charge in [-0.3, -0.25) is 9.59 Å². The number of carbonyl (C=O) groups excluding carboxylic acids is 1. The Bertz CT molecular complexity index is 513. The van der Waals surface area contributed by atoms with Gasteiger partial charge < -0.3 is 21.3 Å². The van der Waals surface area contributed by atoms with E-state index in [4.69, 9.17) is 15.9 Å². The molecule has 0 aliphatic rings. The summed E-state index contributed by atoms with van der Waals surface area (Å²) in [6.45, 7) is 1.58. The van der Waals surface area contributed by atoms with Crippen LogP contribution >= 0.6 is 11.3 Å². The molecule has 104 valence electrons. The summed E-state index contributed by atoms with van der Waals surface area (Å²) in [6, 6.07) is -1.14. The molecule has 0 fully saturated rings. The van der Waals surface area contributed by atoms with E-state index in [1.54, 1.807) is 6.92 Å². The van der Waals surface area contributed by atoms with Crippen LogP contribution in [0.15, 0.2) is 0 Å². The molecule has 0 spiro atoms. The maximum atomic E-state index is 11.4. The number of carboxylic acids is 2. The van der Waals surface area contributed by atoms with Gasteiger partial charge in [0.05, 0.1) is 24.7 Å². The van der Waals surface area contributed by atoms with Crippen LogP contribution in [0.4, 0.5) is 0 Å². The monoisotopic (exact) mass is 287 g/mol. The van der Waals surface area contributed by atoms with Gasteiger partial charge >= 0.3 is 11.9 Å². The van der Waals surface area contributed by atoms with E-state index in [-0.39, 0.29) is 11.4 Å². The van der Waals surface area contributed by atoms with E-state index in [9.17, 15) is 14.4 Å². The second-order valence-corrected chi connectivity index (χ2v) is 4.83. The van der Waals surface area contributed by atoms with Gasteiger partial charge in [0.2, 0.25) is 5.91 Å². The molecule has 8 nitrogen and oxygen atoms in total. The van der Waals surface area contributed by atoms with E-state index in [1.807, 2.05) is 0 Å². The van der Waals surface area contributed by atoms with Gasteiger partial charge in [0.1, 0.15) is 9.88 Å². The third-order valence-electron chi connectivity index (χ3n) is 2.18. The molecule has 1 atom stereocenters. The first-order chi connectivity index (χ1) is 8.81. The number of nitrogens with one attached hydrogen (secondary N) is 1. The topological polar surface area (TPSA) is 143 Å². The number of aromatic carboxylic acids is 1. The standard InChI is InChI=1S/C10H13N3O5S/c1-4-8(10(17)18)19-6(13-4)3-12-9(16)5(11)2-7(14)15/h5H,2-3,11H2,1H3,(H,12,16)(H,14,15)(H,17,18). The first-order valence-corrected chi connectivity index (χ1v) is 6.07. The number of rotatable bonds is 6. The molecule has 1 heterocycles. The molecule has 1 unspecified atom stereocenters. The predicted molar refractivity (Wildman–Crippen MR) is 65.9 cm³/mol. The zero-order valence-corrected chi connectivity index (χ0v) is 10.9. The quantitative estimate of drug-likeness (QED) is 0.555. The van der Waals surface area contributed by atoms with Crippen molar-refractivity contribution in [2.45, 2.75) is 25.9 Å². The van der Waals surface area contributed by atoms with Crippen molar-refractivity contribution in [1.82, 2.24) is 10.3 Å². The van der Waals surface area contributed by atoms with Gasteiger partial charge in [0, 0.05) is 0 Å². The van der Waals surface area contributed by atoms with Crippen molar-refractivity contribution in [3.05, 3.63) is 15.6 Å². The lowest BCUT2D eigenvalue weighted by Gasteiger charge is -2.08. The van der Waals surface area contributed by atoms with Crippen LogP contribution in [0.1, 0.15) is 26.8 Å². The Kier molecular flexibility index (Phi) is 4.95. The summed E-state index contributed by atoms with van der Waals surface area (Å²) >= 11 is 0.953. The molecule has 9 heteroatoms. The van der Waals surface area contributed by atoms with Gasteiger partial charge in [0.25, 0.3) is 0 Å². The average Bonchev–Trinajstić information content (AvgIpc) is 2.66. The smallest absolute Gasteiger partial charge is 0.347 e. The zero-order valence-electron chi connectivity index (χ0n) is 10.0. The fraction of sp³-hybridized carbons (Fsp3) is 0.400. The van der Waals surface area contributed by atoms with Crippen molar-refractivity contribution in [3.63, 3.8) is 0 Å². The lowest BCUT2D eigenvalue weighted by molar-refractivity contribution is -0.139. The van der Waals surface area contributed by atoms with Gasteiger partial charge in [-0.25, -0.2) is 9.78 Å². The number of thiazole rings is 1. The Morgan fingerprint density at radius 1 is 1.42 bits per heavy atom. The number of carbonyl (C=O) groups is 3. The third kappa shape index (κ3) is 4.30. The Morgan fingerprint density at radius 2 is 2.05 bits per heavy atom. The van der Waals surface area contributed by atoms with Crippen molar-refractivity contribution in [2.24, 2.45) is 5.73 Å². The fourth-order valence-electron chi connectivity index (χ4n) is 1.30. The van der Waals surface area contributed by atoms with Gasteiger partial charge in [0.15, 0.2) is 0 Å². The molecular formula is C10H13N3O5S. The van der Waals surface area contributed by atoms with Crippen LogP contribution in [0.5, 0.6) is 0 Å². The third-order valence-corrected chi connectivity index (χ3v) is 3.33. The van der Waals surface area contributed by atoms with Crippen molar-refractivity contribution in [3.8, 4) is 0 Å². The number of hydrogen-bond donors (Lipinski definition) is 4. The number of hydrogen-bond acceptors (Lipinski definition) is 6. The van der Waals surface area contributed by atoms with Crippen molar-refractivity contribution in [2.75, 3.05) is 0 Å². The van der Waals surface area contributed by atoms with Gasteiger partial charge in [-0.1, -0.05) is 0 Å². The maximum absolute atomic E-state index is 11.4. The van der Waals surface area contributed by atoms with Crippen LogP contribution in [-0.2, 0) is 16.1 Å². The predicted octanol–water partition coefficient (Wildman–Crippen LogP) is -0.432. The summed E-state index contributed by atoms with van der Waals surface area (Å²) in [6.07, 6.45) is -0.469. The Labute approximate surface area is 112 Å². The highest BCUT2D eigenvalue weighted by Crippen LogP contribution is 2.17. The highest BCUT2D eigenvalue weighted by atomic mass is 32.1.